The second-order valence-corrected chi connectivity index (χ2v) is 10.2. The van der Waals surface area contributed by atoms with Gasteiger partial charge in [0.25, 0.3) is 0 Å². The second kappa shape index (κ2) is 9.27. The van der Waals surface area contributed by atoms with Crippen molar-refractivity contribution in [1.29, 1.82) is 0 Å². The summed E-state index contributed by atoms with van der Waals surface area (Å²) in [5.41, 5.74) is 4.23. The number of esters is 1. The number of rotatable bonds is 6. The summed E-state index contributed by atoms with van der Waals surface area (Å²) in [7, 11) is 3.17. The summed E-state index contributed by atoms with van der Waals surface area (Å²) in [5, 5.41) is 0.766. The number of carbonyl (C=O) groups is 1. The lowest BCUT2D eigenvalue weighted by Crippen LogP contribution is -2.31. The molecule has 6 heteroatoms. The van der Waals surface area contributed by atoms with Crippen molar-refractivity contribution in [1.82, 2.24) is 0 Å². The highest BCUT2D eigenvalue weighted by atomic mass is 35.5. The molecule has 1 unspecified atom stereocenters. The van der Waals surface area contributed by atoms with Gasteiger partial charge >= 0.3 is 5.97 Å². The van der Waals surface area contributed by atoms with Crippen LogP contribution in [0.1, 0.15) is 40.7 Å². The first-order valence-electron chi connectivity index (χ1n) is 12.0. The highest BCUT2D eigenvalue weighted by Gasteiger charge is 2.80. The Morgan fingerprint density at radius 1 is 1.26 bits per heavy atom. The number of methoxy groups -OCH3 is 2. The molecule has 180 valence electrons. The zero-order chi connectivity index (χ0) is 23.9. The average Bonchev–Trinajstić information content (AvgIpc) is 3.72. The molecule has 1 heterocycles. The molecule has 0 saturated heterocycles. The summed E-state index contributed by atoms with van der Waals surface area (Å²) in [4.78, 5) is 14.8. The maximum Gasteiger partial charge on any atom is 0.337 e. The van der Waals surface area contributed by atoms with Crippen LogP contribution in [0, 0.1) is 17.3 Å². The fourth-order valence-electron chi connectivity index (χ4n) is 5.80. The van der Waals surface area contributed by atoms with E-state index in [1.807, 2.05) is 24.3 Å². The fourth-order valence-corrected chi connectivity index (χ4v) is 5.99. The minimum atomic E-state index is -0.345. The monoisotopic (exact) mass is 481 g/mol. The van der Waals surface area contributed by atoms with E-state index in [0.717, 1.165) is 48.8 Å². The van der Waals surface area contributed by atoms with Gasteiger partial charge in [0.1, 0.15) is 5.75 Å². The van der Waals surface area contributed by atoms with Crippen LogP contribution in [0.25, 0.3) is 0 Å². The van der Waals surface area contributed by atoms with E-state index >= 15 is 0 Å². The van der Waals surface area contributed by atoms with Crippen molar-refractivity contribution >= 4 is 23.3 Å². The summed E-state index contributed by atoms with van der Waals surface area (Å²) in [5.74, 6) is 1.61. The third-order valence-electron chi connectivity index (χ3n) is 7.86. The van der Waals surface area contributed by atoms with Crippen LogP contribution in [0.5, 0.6) is 5.75 Å². The first kappa shape index (κ1) is 23.3. The first-order valence-corrected chi connectivity index (χ1v) is 12.4. The Hall–Kier alpha value is -2.50. The van der Waals surface area contributed by atoms with Crippen LogP contribution in [-0.2, 0) is 22.4 Å². The van der Waals surface area contributed by atoms with E-state index in [9.17, 15) is 4.79 Å². The van der Waals surface area contributed by atoms with Crippen LogP contribution >= 0.6 is 11.6 Å². The van der Waals surface area contributed by atoms with Gasteiger partial charge in [0.2, 0.25) is 0 Å². The van der Waals surface area contributed by atoms with Gasteiger partial charge in [-0.05, 0) is 84.4 Å². The molecule has 2 fully saturated rings. The predicted octanol–water partition coefficient (Wildman–Crippen LogP) is 5.69. The van der Waals surface area contributed by atoms with Gasteiger partial charge in [-0.1, -0.05) is 23.7 Å². The maximum atomic E-state index is 12.4. The van der Waals surface area contributed by atoms with Gasteiger partial charge in [-0.25, -0.2) is 4.79 Å². The van der Waals surface area contributed by atoms with Crippen molar-refractivity contribution in [2.45, 2.75) is 38.3 Å². The lowest BCUT2D eigenvalue weighted by molar-refractivity contribution is 0.0600. The van der Waals surface area contributed by atoms with E-state index in [1.165, 1.54) is 24.7 Å². The summed E-state index contributed by atoms with van der Waals surface area (Å²) >= 11 is 6.36. The number of nitrogens with zero attached hydrogens (tertiary/aromatic N) is 1. The van der Waals surface area contributed by atoms with Crippen LogP contribution < -0.4 is 9.64 Å². The zero-order valence-corrected chi connectivity index (χ0v) is 20.6. The number of hydrogen-bond donors (Lipinski definition) is 0. The minimum absolute atomic E-state index is 0.0749. The molecule has 0 spiro atoms. The first-order chi connectivity index (χ1) is 16.5. The third kappa shape index (κ3) is 4.20. The third-order valence-corrected chi connectivity index (χ3v) is 8.09. The van der Waals surface area contributed by atoms with Crippen molar-refractivity contribution in [3.05, 3.63) is 70.8 Å². The molecule has 0 bridgehead atoms. The summed E-state index contributed by atoms with van der Waals surface area (Å²) in [6.45, 7) is 6.21. The summed E-state index contributed by atoms with van der Waals surface area (Å²) in [6, 6.07) is 11.8. The average molecular weight is 482 g/mol. The number of aryl methyl sites for hydroxylation is 1. The largest absolute Gasteiger partial charge is 0.491 e. The van der Waals surface area contributed by atoms with Crippen LogP contribution in [0.4, 0.5) is 5.69 Å². The van der Waals surface area contributed by atoms with Crippen LogP contribution in [0.15, 0.2) is 49.1 Å². The topological polar surface area (TPSA) is 48.0 Å². The lowest BCUT2D eigenvalue weighted by atomic mass is 9.97. The molecule has 2 aliphatic carbocycles. The molecule has 1 aliphatic heterocycles. The standard InChI is InChI=1S/C28H32ClNO4/c1-4-24(32-2)26-22-15-28(22,26)17-30-16-20-8-10-21(29)13-18(20)7-5-6-12-34-25-11-9-19(14-23(25)30)27(31)33-3/h4,8-11,13-14,22,24,26H,1,5-7,12,15-17H2,2-3H3/t22?,24-,26-,28-/m0/s1. The molecule has 0 aromatic heterocycles. The Kier molecular flexibility index (Phi) is 6.34. The number of halogens is 1. The van der Waals surface area contributed by atoms with E-state index in [2.05, 4.69) is 23.6 Å². The molecule has 0 amide bonds. The highest BCUT2D eigenvalue weighted by Crippen LogP contribution is 2.81. The van der Waals surface area contributed by atoms with E-state index in [1.54, 1.807) is 13.2 Å². The van der Waals surface area contributed by atoms with Gasteiger partial charge in [-0.15, -0.1) is 6.58 Å². The SMILES string of the molecule is C=C[C@H](OC)[C@@H]1C2C[C@]21CN1Cc2ccc(Cl)cc2CCCCOc2ccc(C(=O)OC)cc21. The van der Waals surface area contributed by atoms with Crippen molar-refractivity contribution < 1.29 is 19.0 Å². The molecular weight excluding hydrogens is 450 g/mol. The zero-order valence-electron chi connectivity index (χ0n) is 19.9. The maximum absolute atomic E-state index is 12.4. The Balaban J connectivity index is 1.55. The molecule has 3 aliphatic rings. The second-order valence-electron chi connectivity index (χ2n) is 9.75. The molecule has 2 aromatic rings. The lowest BCUT2D eigenvalue weighted by Gasteiger charge is -2.31. The highest BCUT2D eigenvalue weighted by molar-refractivity contribution is 6.30. The Morgan fingerprint density at radius 3 is 2.85 bits per heavy atom. The van der Waals surface area contributed by atoms with Crippen molar-refractivity contribution in [2.75, 3.05) is 32.3 Å². The van der Waals surface area contributed by atoms with Gasteiger partial charge in [-0.2, -0.15) is 0 Å². The normalized spacial score (nSPS) is 26.0. The van der Waals surface area contributed by atoms with Crippen molar-refractivity contribution in [2.24, 2.45) is 17.3 Å². The number of hydrogen-bond acceptors (Lipinski definition) is 5. The molecule has 4 atom stereocenters. The molecule has 0 radical (unpaired) electrons. The van der Waals surface area contributed by atoms with Gasteiger partial charge in [-0.3, -0.25) is 0 Å². The summed E-state index contributed by atoms with van der Waals surface area (Å²) in [6.07, 6.45) is 6.15. The fraction of sp³-hybridized carbons (Fsp3) is 0.464. The number of fused-ring (bicyclic) bond motifs is 3. The Morgan fingerprint density at radius 2 is 2.12 bits per heavy atom. The van der Waals surface area contributed by atoms with Crippen LogP contribution in [0.3, 0.4) is 0 Å². The molecule has 34 heavy (non-hydrogen) atoms. The van der Waals surface area contributed by atoms with Gasteiger partial charge in [0, 0.05) is 25.2 Å². The van der Waals surface area contributed by atoms with Crippen molar-refractivity contribution in [3.8, 4) is 5.75 Å². The van der Waals surface area contributed by atoms with Gasteiger partial charge < -0.3 is 19.1 Å². The summed E-state index contributed by atoms with van der Waals surface area (Å²) < 4.78 is 17.0. The number of ether oxygens (including phenoxy) is 3. The smallest absolute Gasteiger partial charge is 0.337 e. The number of anilines is 1. The molecule has 5 rings (SSSR count). The van der Waals surface area contributed by atoms with E-state index in [-0.39, 0.29) is 17.5 Å². The van der Waals surface area contributed by atoms with Gasteiger partial charge in [0.05, 0.1) is 31.1 Å². The molecule has 2 saturated carbocycles. The number of benzene rings is 2. The Bertz CT molecular complexity index is 1100. The minimum Gasteiger partial charge on any atom is -0.491 e. The number of carbonyl (C=O) groups excluding carboxylic acids is 1. The quantitative estimate of drug-likeness (QED) is 0.392. The molecule has 5 nitrogen and oxygen atoms in total. The Labute approximate surface area is 206 Å². The predicted molar refractivity (Wildman–Crippen MR) is 134 cm³/mol. The molecular formula is C28H32ClNO4. The van der Waals surface area contributed by atoms with Crippen molar-refractivity contribution in [3.63, 3.8) is 0 Å². The molecule has 2 aromatic carbocycles. The van der Waals surface area contributed by atoms with E-state index in [4.69, 9.17) is 25.8 Å². The van der Waals surface area contributed by atoms with Crippen LogP contribution in [0.2, 0.25) is 5.02 Å². The van der Waals surface area contributed by atoms with Gasteiger partial charge in [0.15, 0.2) is 0 Å². The van der Waals surface area contributed by atoms with Crippen LogP contribution in [-0.4, -0.2) is 39.4 Å². The van der Waals surface area contributed by atoms with E-state index in [0.29, 0.717) is 24.0 Å². The van der Waals surface area contributed by atoms with E-state index < -0.39 is 0 Å². The molecule has 0 N–H and O–H groups in total.